The Labute approximate surface area is 186 Å². The third-order valence-corrected chi connectivity index (χ3v) is 6.19. The van der Waals surface area contributed by atoms with E-state index in [1.165, 1.54) is 11.8 Å². The van der Waals surface area contributed by atoms with Crippen molar-refractivity contribution in [1.82, 2.24) is 25.1 Å². The first-order valence-corrected chi connectivity index (χ1v) is 11.0. The summed E-state index contributed by atoms with van der Waals surface area (Å²) in [5, 5.41) is 21.7. The number of hydrogen-bond donors (Lipinski definition) is 1. The number of nitriles is 1. The average Bonchev–Trinajstić information content (AvgIpc) is 3.16. The van der Waals surface area contributed by atoms with Crippen LogP contribution in [0.2, 0.25) is 0 Å². The third-order valence-electron chi connectivity index (χ3n) is 5.26. The topological polar surface area (TPSA) is 96.5 Å². The second kappa shape index (κ2) is 9.31. The summed E-state index contributed by atoms with van der Waals surface area (Å²) < 4.78 is 1.95. The first kappa shape index (κ1) is 22.5. The zero-order valence-electron chi connectivity index (χ0n) is 18.4. The van der Waals surface area contributed by atoms with Crippen molar-refractivity contribution in [2.45, 2.75) is 45.3 Å². The van der Waals surface area contributed by atoms with E-state index >= 15 is 0 Å². The fourth-order valence-electron chi connectivity index (χ4n) is 3.08. The molecule has 1 aromatic carbocycles. The predicted molar refractivity (Wildman–Crippen MR) is 122 cm³/mol. The first-order chi connectivity index (χ1) is 14.7. The van der Waals surface area contributed by atoms with Crippen molar-refractivity contribution in [3.8, 4) is 23.1 Å². The Hall–Kier alpha value is -3.18. The van der Waals surface area contributed by atoms with Gasteiger partial charge in [-0.2, -0.15) is 5.26 Å². The van der Waals surface area contributed by atoms with Crippen LogP contribution < -0.4 is 5.32 Å². The minimum atomic E-state index is -0.917. The Balaban J connectivity index is 1.93. The van der Waals surface area contributed by atoms with Gasteiger partial charge in [0, 0.05) is 18.0 Å². The van der Waals surface area contributed by atoms with Gasteiger partial charge < -0.3 is 5.32 Å². The number of hydrogen-bond acceptors (Lipinski definition) is 6. The lowest BCUT2D eigenvalue weighted by molar-refractivity contribution is -0.120. The van der Waals surface area contributed by atoms with E-state index in [0.29, 0.717) is 11.0 Å². The lowest BCUT2D eigenvalue weighted by atomic mass is 9.90. The summed E-state index contributed by atoms with van der Waals surface area (Å²) in [6.45, 7) is 9.64. The van der Waals surface area contributed by atoms with Crippen LogP contribution in [0.15, 0.2) is 47.9 Å². The Morgan fingerprint density at radius 3 is 2.68 bits per heavy atom. The first-order valence-electron chi connectivity index (χ1n) is 10.0. The number of aryl methyl sites for hydroxylation is 2. The largest absolute Gasteiger partial charge is 0.337 e. The van der Waals surface area contributed by atoms with Crippen molar-refractivity contribution in [2.75, 3.05) is 5.75 Å². The monoisotopic (exact) mass is 434 g/mol. The molecule has 7 nitrogen and oxygen atoms in total. The minimum absolute atomic E-state index is 0.0116. The zero-order valence-corrected chi connectivity index (χ0v) is 19.2. The van der Waals surface area contributed by atoms with Gasteiger partial charge in [-0.1, -0.05) is 43.3 Å². The van der Waals surface area contributed by atoms with Gasteiger partial charge in [-0.3, -0.25) is 14.3 Å². The average molecular weight is 435 g/mol. The number of nitrogens with zero attached hydrogens (tertiary/aromatic N) is 5. The number of amides is 1. The SMILES string of the molecule is Cc1ccc(-n2c(SCC(=O)N[C@](C)(C#N)C(C)C)nnc2-c2cccnc2)c(C)c1. The van der Waals surface area contributed by atoms with E-state index < -0.39 is 5.54 Å². The van der Waals surface area contributed by atoms with Crippen LogP contribution in [-0.2, 0) is 4.79 Å². The van der Waals surface area contributed by atoms with Gasteiger partial charge in [0.15, 0.2) is 11.0 Å². The quantitative estimate of drug-likeness (QED) is 0.563. The summed E-state index contributed by atoms with van der Waals surface area (Å²) in [6.07, 6.45) is 3.45. The number of aromatic nitrogens is 4. The fourth-order valence-corrected chi connectivity index (χ4v) is 3.82. The number of carbonyl (C=O) groups is 1. The van der Waals surface area contributed by atoms with Gasteiger partial charge in [0.05, 0.1) is 17.5 Å². The zero-order chi connectivity index (χ0) is 22.6. The van der Waals surface area contributed by atoms with Crippen LogP contribution in [0.1, 0.15) is 31.9 Å². The highest BCUT2D eigenvalue weighted by Gasteiger charge is 2.30. The van der Waals surface area contributed by atoms with Crippen LogP contribution in [0.3, 0.4) is 0 Å². The molecule has 1 atom stereocenters. The van der Waals surface area contributed by atoms with E-state index in [-0.39, 0.29) is 17.6 Å². The predicted octanol–water partition coefficient (Wildman–Crippen LogP) is 4.09. The van der Waals surface area contributed by atoms with Crippen LogP contribution in [0.4, 0.5) is 0 Å². The molecule has 8 heteroatoms. The smallest absolute Gasteiger partial charge is 0.231 e. The number of nitrogens with one attached hydrogen (secondary N) is 1. The minimum Gasteiger partial charge on any atom is -0.337 e. The highest BCUT2D eigenvalue weighted by molar-refractivity contribution is 7.99. The molecule has 0 fully saturated rings. The van der Waals surface area contributed by atoms with Crippen molar-refractivity contribution in [3.63, 3.8) is 0 Å². The molecule has 0 aliphatic heterocycles. The molecule has 2 aromatic heterocycles. The number of rotatable bonds is 7. The van der Waals surface area contributed by atoms with Crippen LogP contribution in [0, 0.1) is 31.1 Å². The molecule has 0 aliphatic rings. The van der Waals surface area contributed by atoms with E-state index in [9.17, 15) is 10.1 Å². The highest BCUT2D eigenvalue weighted by atomic mass is 32.2. The third kappa shape index (κ3) is 4.94. The molecule has 0 radical (unpaired) electrons. The Morgan fingerprint density at radius 1 is 1.29 bits per heavy atom. The van der Waals surface area contributed by atoms with E-state index in [4.69, 9.17) is 0 Å². The number of benzene rings is 1. The molecular formula is C23H26N6OS. The van der Waals surface area contributed by atoms with Crippen LogP contribution >= 0.6 is 11.8 Å². The standard InChI is InChI=1S/C23H26N6OS/c1-15(2)23(5,14-24)26-20(30)13-31-22-28-27-21(18-7-6-10-25-12-18)29(22)19-9-8-16(3)11-17(19)4/h6-12,15H,13H2,1-5H3,(H,26,30)/t23-/m1/s1. The molecule has 0 saturated carbocycles. The lowest BCUT2D eigenvalue weighted by Crippen LogP contribution is -2.49. The number of carbonyl (C=O) groups excluding carboxylic acids is 1. The number of pyridine rings is 1. The van der Waals surface area contributed by atoms with E-state index in [1.54, 1.807) is 19.3 Å². The molecule has 31 heavy (non-hydrogen) atoms. The second-order valence-electron chi connectivity index (χ2n) is 7.98. The van der Waals surface area contributed by atoms with E-state index in [2.05, 4.69) is 32.6 Å². The Morgan fingerprint density at radius 2 is 2.06 bits per heavy atom. The molecule has 0 unspecified atom stereocenters. The van der Waals surface area contributed by atoms with Gasteiger partial charge in [0.1, 0.15) is 5.54 Å². The van der Waals surface area contributed by atoms with Gasteiger partial charge in [-0.15, -0.1) is 10.2 Å². The summed E-state index contributed by atoms with van der Waals surface area (Å²) in [5.74, 6) is 0.551. The van der Waals surface area contributed by atoms with Gasteiger partial charge in [0.25, 0.3) is 0 Å². The van der Waals surface area contributed by atoms with E-state index in [1.807, 2.05) is 56.5 Å². The van der Waals surface area contributed by atoms with E-state index in [0.717, 1.165) is 22.4 Å². The maximum absolute atomic E-state index is 12.6. The molecule has 1 N–H and O–H groups in total. The molecular weight excluding hydrogens is 408 g/mol. The highest BCUT2D eigenvalue weighted by Crippen LogP contribution is 2.29. The molecule has 160 valence electrons. The van der Waals surface area contributed by atoms with Crippen molar-refractivity contribution in [1.29, 1.82) is 5.26 Å². The summed E-state index contributed by atoms with van der Waals surface area (Å²) in [6, 6.07) is 12.2. The summed E-state index contributed by atoms with van der Waals surface area (Å²) in [4.78, 5) is 16.8. The second-order valence-corrected chi connectivity index (χ2v) is 8.92. The van der Waals surface area contributed by atoms with Gasteiger partial charge in [-0.25, -0.2) is 0 Å². The number of thioether (sulfide) groups is 1. The fraction of sp³-hybridized carbons (Fsp3) is 0.348. The lowest BCUT2D eigenvalue weighted by Gasteiger charge is -2.27. The maximum atomic E-state index is 12.6. The van der Waals surface area contributed by atoms with Crippen LogP contribution in [0.25, 0.3) is 17.1 Å². The molecule has 0 bridgehead atoms. The van der Waals surface area contributed by atoms with Crippen molar-refractivity contribution in [3.05, 3.63) is 53.9 Å². The van der Waals surface area contributed by atoms with Gasteiger partial charge >= 0.3 is 0 Å². The normalized spacial score (nSPS) is 12.9. The summed E-state index contributed by atoms with van der Waals surface area (Å²) in [5.41, 5.74) is 3.10. The Kier molecular flexibility index (Phi) is 6.76. The molecule has 0 spiro atoms. The van der Waals surface area contributed by atoms with Crippen molar-refractivity contribution < 1.29 is 4.79 Å². The Bertz CT molecular complexity index is 1120. The summed E-state index contributed by atoms with van der Waals surface area (Å²) in [7, 11) is 0. The molecule has 0 saturated heterocycles. The van der Waals surface area contributed by atoms with Crippen molar-refractivity contribution >= 4 is 17.7 Å². The molecule has 0 aliphatic carbocycles. The molecule has 3 aromatic rings. The molecule has 3 rings (SSSR count). The van der Waals surface area contributed by atoms with Crippen molar-refractivity contribution in [2.24, 2.45) is 5.92 Å². The molecule has 2 heterocycles. The maximum Gasteiger partial charge on any atom is 0.231 e. The molecule has 1 amide bonds. The van der Waals surface area contributed by atoms with Crippen LogP contribution in [0.5, 0.6) is 0 Å². The van der Waals surface area contributed by atoms with Gasteiger partial charge in [0.2, 0.25) is 5.91 Å². The summed E-state index contributed by atoms with van der Waals surface area (Å²) >= 11 is 1.29. The van der Waals surface area contributed by atoms with Gasteiger partial charge in [-0.05, 0) is 50.5 Å². The van der Waals surface area contributed by atoms with Crippen LogP contribution in [-0.4, -0.2) is 36.9 Å².